The number of unbranched alkanes of at least 4 members (excludes halogenated alkanes) is 2. The monoisotopic (exact) mass is 502 g/mol. The predicted octanol–water partition coefficient (Wildman–Crippen LogP) is 7.66. The van der Waals surface area contributed by atoms with Gasteiger partial charge in [-0.15, -0.1) is 0 Å². The van der Waals surface area contributed by atoms with Gasteiger partial charge in [0.2, 0.25) is 5.91 Å². The topological polar surface area (TPSA) is 92.4 Å². The molecule has 0 aliphatic rings. The van der Waals surface area contributed by atoms with Crippen LogP contribution < -0.4 is 11.1 Å². The van der Waals surface area contributed by atoms with Gasteiger partial charge in [0.15, 0.2) is 0 Å². The summed E-state index contributed by atoms with van der Waals surface area (Å²) in [5.41, 5.74) is 8.56. The van der Waals surface area contributed by atoms with Gasteiger partial charge < -0.3 is 16.2 Å². The number of hydrogen-bond donors (Lipinski definition) is 3. The third-order valence-corrected chi connectivity index (χ3v) is 5.75. The van der Waals surface area contributed by atoms with Crippen LogP contribution in [0.1, 0.15) is 64.2 Å². The Balaban J connectivity index is 0.000000409. The molecule has 0 saturated carbocycles. The lowest BCUT2D eigenvalue weighted by Crippen LogP contribution is -2.29. The first-order valence-corrected chi connectivity index (χ1v) is 13.1. The number of primary amides is 1. The Labute approximate surface area is 221 Å². The smallest absolute Gasteiger partial charge is 0.320 e. The summed E-state index contributed by atoms with van der Waals surface area (Å²) >= 11 is 0. The van der Waals surface area contributed by atoms with Crippen LogP contribution >= 0.6 is 0 Å². The maximum Gasteiger partial charge on any atom is 0.320 e. The molecule has 0 fully saturated rings. The molecule has 1 amide bonds. The van der Waals surface area contributed by atoms with Crippen molar-refractivity contribution < 1.29 is 14.7 Å². The number of carboxylic acids is 1. The van der Waals surface area contributed by atoms with E-state index in [0.717, 1.165) is 32.7 Å². The van der Waals surface area contributed by atoms with Gasteiger partial charge in [0.25, 0.3) is 0 Å². The molecule has 4 aromatic rings. The maximum absolute atomic E-state index is 12.1. The molecule has 0 radical (unpaired) electrons. The summed E-state index contributed by atoms with van der Waals surface area (Å²) in [6, 6.07) is 25.7. The minimum Gasteiger partial charge on any atom is -0.480 e. The number of amides is 1. The fourth-order valence-corrected chi connectivity index (χ4v) is 3.79. The summed E-state index contributed by atoms with van der Waals surface area (Å²) in [5.74, 6) is -1.21. The third-order valence-electron chi connectivity index (χ3n) is 5.75. The van der Waals surface area contributed by atoms with Gasteiger partial charge in [-0.05, 0) is 46.6 Å². The molecule has 4 aromatic carbocycles. The van der Waals surface area contributed by atoms with Gasteiger partial charge in [0, 0.05) is 0 Å². The van der Waals surface area contributed by atoms with Gasteiger partial charge >= 0.3 is 5.97 Å². The molecule has 0 spiro atoms. The van der Waals surface area contributed by atoms with E-state index in [0.29, 0.717) is 5.56 Å². The summed E-state index contributed by atoms with van der Waals surface area (Å²) in [7, 11) is 1.61. The van der Waals surface area contributed by atoms with E-state index in [4.69, 9.17) is 10.8 Å². The minimum atomic E-state index is -0.817. The number of hydrogen-bond acceptors (Lipinski definition) is 3. The Bertz CT molecular complexity index is 1190. The molecule has 0 bridgehead atoms. The summed E-state index contributed by atoms with van der Waals surface area (Å²) in [4.78, 5) is 22.0. The Hall–Kier alpha value is -3.70. The third kappa shape index (κ3) is 8.72. The molecule has 198 valence electrons. The van der Waals surface area contributed by atoms with Crippen molar-refractivity contribution in [3.8, 4) is 11.1 Å². The van der Waals surface area contributed by atoms with Gasteiger partial charge in [-0.25, -0.2) is 0 Å². The molecule has 37 heavy (non-hydrogen) atoms. The molecule has 4 N–H and O–H groups in total. The number of aliphatic carboxylic acids is 1. The second-order valence-corrected chi connectivity index (χ2v) is 8.27. The normalized spacial score (nSPS) is 10.6. The molecule has 1 unspecified atom stereocenters. The van der Waals surface area contributed by atoms with Gasteiger partial charge in [-0.1, -0.05) is 126 Å². The maximum atomic E-state index is 12.1. The lowest BCUT2D eigenvalue weighted by molar-refractivity contribution is -0.138. The van der Waals surface area contributed by atoms with Crippen LogP contribution in [0.3, 0.4) is 0 Å². The van der Waals surface area contributed by atoms with Crippen LogP contribution in [0.5, 0.6) is 0 Å². The fourth-order valence-electron chi connectivity index (χ4n) is 3.79. The van der Waals surface area contributed by atoms with Gasteiger partial charge in [-0.3, -0.25) is 9.59 Å². The fraction of sp³-hybridized carbons (Fsp3) is 0.312. The average Bonchev–Trinajstić information content (AvgIpc) is 2.93. The lowest BCUT2D eigenvalue weighted by Gasteiger charge is -2.15. The second kappa shape index (κ2) is 16.9. The Morgan fingerprint density at radius 1 is 0.784 bits per heavy atom. The summed E-state index contributed by atoms with van der Waals surface area (Å²) in [5, 5.41) is 14.6. The molecule has 0 saturated heterocycles. The van der Waals surface area contributed by atoms with Crippen molar-refractivity contribution >= 4 is 33.4 Å². The Morgan fingerprint density at radius 3 is 1.49 bits per heavy atom. The summed E-state index contributed by atoms with van der Waals surface area (Å²) in [6.07, 6.45) is 4.08. The molecule has 0 aliphatic heterocycles. The number of nitrogens with two attached hydrogens (primary N) is 1. The lowest BCUT2D eigenvalue weighted by atomic mass is 9.88. The quantitative estimate of drug-likeness (QED) is 0.236. The molecular weight excluding hydrogens is 460 g/mol. The number of benzene rings is 4. The van der Waals surface area contributed by atoms with Crippen LogP contribution in [0.25, 0.3) is 32.7 Å². The highest BCUT2D eigenvalue weighted by Crippen LogP contribution is 2.38. The van der Waals surface area contributed by atoms with Gasteiger partial charge in [0.05, 0.1) is 5.56 Å². The van der Waals surface area contributed by atoms with E-state index in [2.05, 4.69) is 43.4 Å². The molecule has 5 heteroatoms. The second-order valence-electron chi connectivity index (χ2n) is 8.27. The van der Waals surface area contributed by atoms with E-state index in [1.54, 1.807) is 14.0 Å². The van der Waals surface area contributed by atoms with Crippen molar-refractivity contribution in [1.29, 1.82) is 0 Å². The number of rotatable bonds is 6. The van der Waals surface area contributed by atoms with Crippen LogP contribution in [0, 0.1) is 0 Å². The Kier molecular flexibility index (Phi) is 14.3. The van der Waals surface area contributed by atoms with Crippen LogP contribution in [0.4, 0.5) is 0 Å². The zero-order valence-electron chi connectivity index (χ0n) is 23.0. The highest BCUT2D eigenvalue weighted by atomic mass is 16.4. The van der Waals surface area contributed by atoms with E-state index in [-0.39, 0.29) is 0 Å². The molecule has 0 heterocycles. The summed E-state index contributed by atoms with van der Waals surface area (Å²) in [6.45, 7) is 10.0. The largest absolute Gasteiger partial charge is 0.480 e. The number of nitrogens with one attached hydrogen (secondary N) is 1. The van der Waals surface area contributed by atoms with Gasteiger partial charge in [0.1, 0.15) is 6.04 Å². The van der Waals surface area contributed by atoms with E-state index < -0.39 is 17.9 Å². The zero-order valence-corrected chi connectivity index (χ0v) is 23.0. The van der Waals surface area contributed by atoms with Crippen LogP contribution in [-0.4, -0.2) is 30.1 Å². The van der Waals surface area contributed by atoms with E-state index in [1.165, 1.54) is 19.3 Å². The Morgan fingerprint density at radius 2 is 1.19 bits per heavy atom. The standard InChI is InChI=1S/C21H15NO.C5H12.C4H9NO2.C2H6/c22-21(23)20-17-12-6-4-10-15(17)19(14-8-2-1-3-9-14)16-11-5-7-13-18(16)20;1-3-5-4-2;1-3(5-2)4(6)7;1-2/h1-13H,(H2,22,23);3-5H2,1-2H3;3,5H,1-2H3,(H,6,7);1-2H3. The van der Waals surface area contributed by atoms with Crippen molar-refractivity contribution in [3.05, 3.63) is 84.4 Å². The number of carbonyl (C=O) groups excluding carboxylic acids is 1. The van der Waals surface area contributed by atoms with Crippen molar-refractivity contribution in [2.45, 2.75) is 59.9 Å². The SMILES string of the molecule is CC.CCCCC.CNC(C)C(=O)O.NC(=O)c1c2ccccc2c(-c2ccccc2)c2ccccc12. The van der Waals surface area contributed by atoms with Crippen molar-refractivity contribution in [3.63, 3.8) is 0 Å². The average molecular weight is 503 g/mol. The van der Waals surface area contributed by atoms with Crippen molar-refractivity contribution in [2.24, 2.45) is 5.73 Å². The van der Waals surface area contributed by atoms with Crippen molar-refractivity contribution in [1.82, 2.24) is 5.32 Å². The number of carbonyl (C=O) groups is 2. The van der Waals surface area contributed by atoms with Gasteiger partial charge in [-0.2, -0.15) is 0 Å². The minimum absolute atomic E-state index is 0.392. The van der Waals surface area contributed by atoms with Crippen LogP contribution in [-0.2, 0) is 4.79 Å². The first-order chi connectivity index (χ1) is 17.9. The highest BCUT2D eigenvalue weighted by Gasteiger charge is 2.17. The number of fused-ring (bicyclic) bond motifs is 2. The summed E-state index contributed by atoms with van der Waals surface area (Å²) < 4.78 is 0. The van der Waals surface area contributed by atoms with E-state index in [9.17, 15) is 9.59 Å². The number of likely N-dealkylation sites (N-methyl/N-ethyl adjacent to an activating group) is 1. The predicted molar refractivity (Wildman–Crippen MR) is 158 cm³/mol. The zero-order chi connectivity index (χ0) is 27.8. The molecule has 0 aliphatic carbocycles. The highest BCUT2D eigenvalue weighted by molar-refractivity contribution is 6.23. The van der Waals surface area contributed by atoms with Crippen molar-refractivity contribution in [2.75, 3.05) is 7.05 Å². The molecular formula is C32H42N2O3. The molecule has 1 atom stereocenters. The number of carboxylic acid groups (broad SMARTS) is 1. The molecule has 5 nitrogen and oxygen atoms in total. The van der Waals surface area contributed by atoms with Crippen LogP contribution in [0.2, 0.25) is 0 Å². The molecule has 0 aromatic heterocycles. The first kappa shape index (κ1) is 31.3. The van der Waals surface area contributed by atoms with E-state index >= 15 is 0 Å². The van der Waals surface area contributed by atoms with Crippen LogP contribution in [0.15, 0.2) is 78.9 Å². The first-order valence-electron chi connectivity index (χ1n) is 13.1. The molecule has 4 rings (SSSR count). The van der Waals surface area contributed by atoms with E-state index in [1.807, 2.05) is 68.4 Å².